The van der Waals surface area contributed by atoms with E-state index in [1.807, 2.05) is 0 Å². The molecule has 1 amide bonds. The Morgan fingerprint density at radius 1 is 1.45 bits per heavy atom. The van der Waals surface area contributed by atoms with Crippen molar-refractivity contribution >= 4 is 11.8 Å². The minimum atomic E-state index is -0.864. The molecular weight excluding hydrogens is 260 g/mol. The lowest BCUT2D eigenvalue weighted by atomic mass is 10.0. The van der Waals surface area contributed by atoms with Gasteiger partial charge >= 0.3 is 6.09 Å². The molecule has 0 spiro atoms. The summed E-state index contributed by atoms with van der Waals surface area (Å²) in [5, 5.41) is 22.0. The van der Waals surface area contributed by atoms with Gasteiger partial charge in [-0.15, -0.1) is 0 Å². The number of rotatable bonds is 4. The minimum absolute atomic E-state index is 0.00538. The Kier molecular flexibility index (Phi) is 5.35. The minimum Gasteiger partial charge on any atom is -0.508 e. The largest absolute Gasteiger partial charge is 0.508 e. The zero-order chi connectivity index (χ0) is 15.3. The fourth-order valence-corrected chi connectivity index (χ4v) is 1.67. The van der Waals surface area contributed by atoms with Crippen molar-refractivity contribution in [1.29, 1.82) is 0 Å². The van der Waals surface area contributed by atoms with Crippen molar-refractivity contribution < 1.29 is 19.7 Å². The highest BCUT2D eigenvalue weighted by Gasteiger charge is 2.19. The number of amides is 1. The molecule has 0 bridgehead atoms. The lowest BCUT2D eigenvalue weighted by Gasteiger charge is -2.21. The van der Waals surface area contributed by atoms with E-state index in [0.29, 0.717) is 24.2 Å². The van der Waals surface area contributed by atoms with Crippen LogP contribution < -0.4 is 11.1 Å². The van der Waals surface area contributed by atoms with E-state index in [1.165, 1.54) is 18.2 Å². The predicted octanol–water partition coefficient (Wildman–Crippen LogP) is 2.12. The highest BCUT2D eigenvalue weighted by atomic mass is 16.6. The molecule has 1 atom stereocenters. The van der Waals surface area contributed by atoms with Gasteiger partial charge in [-0.25, -0.2) is 4.79 Å². The van der Waals surface area contributed by atoms with Crippen molar-refractivity contribution in [2.24, 2.45) is 5.73 Å². The molecule has 0 aliphatic carbocycles. The van der Waals surface area contributed by atoms with Gasteiger partial charge in [-0.3, -0.25) is 5.32 Å². The first-order chi connectivity index (χ1) is 9.23. The Balaban J connectivity index is 2.91. The zero-order valence-electron chi connectivity index (χ0n) is 12.0. The lowest BCUT2D eigenvalue weighted by molar-refractivity contribution is 0.0635. The molecule has 20 heavy (non-hydrogen) atoms. The van der Waals surface area contributed by atoms with E-state index in [2.05, 4.69) is 5.32 Å². The maximum Gasteiger partial charge on any atom is 0.412 e. The maximum absolute atomic E-state index is 11.7. The quantitative estimate of drug-likeness (QED) is 0.633. The third kappa shape index (κ3) is 5.07. The van der Waals surface area contributed by atoms with E-state index in [4.69, 9.17) is 10.5 Å². The normalized spacial score (nSPS) is 12.8. The monoisotopic (exact) mass is 282 g/mol. The molecule has 0 unspecified atom stereocenters. The van der Waals surface area contributed by atoms with E-state index in [1.54, 1.807) is 20.8 Å². The number of anilines is 1. The lowest BCUT2D eigenvalue weighted by Crippen LogP contribution is -2.27. The summed E-state index contributed by atoms with van der Waals surface area (Å²) in [6.45, 7) is 5.57. The number of ether oxygens (including phenoxy) is 1. The van der Waals surface area contributed by atoms with Crippen LogP contribution in [0.2, 0.25) is 0 Å². The topological polar surface area (TPSA) is 105 Å². The van der Waals surface area contributed by atoms with Gasteiger partial charge in [0.15, 0.2) is 0 Å². The first-order valence-electron chi connectivity index (χ1n) is 6.44. The van der Waals surface area contributed by atoms with Crippen LogP contribution in [0.5, 0.6) is 5.75 Å². The Bertz CT molecular complexity index is 469. The summed E-state index contributed by atoms with van der Waals surface area (Å²) in [6, 6.07) is 4.33. The molecule has 0 heterocycles. The number of aliphatic hydroxyl groups excluding tert-OH is 1. The molecule has 6 nitrogen and oxygen atoms in total. The average Bonchev–Trinajstić information content (AvgIpc) is 2.29. The van der Waals surface area contributed by atoms with E-state index in [9.17, 15) is 15.0 Å². The summed E-state index contributed by atoms with van der Waals surface area (Å²) >= 11 is 0. The van der Waals surface area contributed by atoms with Crippen LogP contribution in [0.3, 0.4) is 0 Å². The maximum atomic E-state index is 11.7. The summed E-state index contributed by atoms with van der Waals surface area (Å²) in [5.74, 6) is 0.00538. The van der Waals surface area contributed by atoms with Crippen molar-refractivity contribution in [3.8, 4) is 5.75 Å². The number of nitrogens with two attached hydrogens (primary N) is 1. The summed E-state index contributed by atoms with van der Waals surface area (Å²) in [4.78, 5) is 11.7. The summed E-state index contributed by atoms with van der Waals surface area (Å²) < 4.78 is 5.15. The first-order valence-corrected chi connectivity index (χ1v) is 6.44. The van der Waals surface area contributed by atoms with E-state index < -0.39 is 17.8 Å². The number of carbonyl (C=O) groups excluding carboxylic acids is 1. The van der Waals surface area contributed by atoms with Gasteiger partial charge in [0, 0.05) is 5.56 Å². The molecule has 0 aromatic heterocycles. The molecule has 0 saturated carbocycles. The van der Waals surface area contributed by atoms with Crippen LogP contribution in [0.4, 0.5) is 10.5 Å². The second-order valence-corrected chi connectivity index (χ2v) is 5.49. The van der Waals surface area contributed by atoms with Gasteiger partial charge in [0.05, 0.1) is 11.8 Å². The second kappa shape index (κ2) is 6.58. The average molecular weight is 282 g/mol. The molecule has 0 fully saturated rings. The summed E-state index contributed by atoms with van der Waals surface area (Å²) in [6.07, 6.45) is -1.16. The summed E-state index contributed by atoms with van der Waals surface area (Å²) in [5.41, 5.74) is 5.58. The number of phenolic OH excluding ortho intramolecular Hbond substituents is 1. The number of aromatic hydroxyl groups is 1. The molecule has 0 saturated heterocycles. The number of phenols is 1. The van der Waals surface area contributed by atoms with E-state index >= 15 is 0 Å². The van der Waals surface area contributed by atoms with Crippen LogP contribution in [0.1, 0.15) is 38.9 Å². The van der Waals surface area contributed by atoms with Crippen LogP contribution in [0, 0.1) is 0 Å². The fourth-order valence-electron chi connectivity index (χ4n) is 1.67. The Hall–Kier alpha value is -1.79. The third-order valence-corrected chi connectivity index (χ3v) is 2.47. The van der Waals surface area contributed by atoms with Crippen molar-refractivity contribution in [3.05, 3.63) is 23.8 Å². The van der Waals surface area contributed by atoms with Crippen LogP contribution in [-0.2, 0) is 4.74 Å². The SMILES string of the molecule is CC(C)(C)OC(=O)Nc1ccc(O)cc1[C@H](O)CCN. The van der Waals surface area contributed by atoms with Crippen molar-refractivity contribution in [1.82, 2.24) is 0 Å². The molecule has 0 aliphatic heterocycles. The molecule has 112 valence electrons. The van der Waals surface area contributed by atoms with Gasteiger partial charge in [-0.1, -0.05) is 0 Å². The molecule has 1 aromatic rings. The van der Waals surface area contributed by atoms with Crippen molar-refractivity contribution in [2.75, 3.05) is 11.9 Å². The molecule has 5 N–H and O–H groups in total. The number of hydrogen-bond donors (Lipinski definition) is 4. The summed E-state index contributed by atoms with van der Waals surface area (Å²) in [7, 11) is 0. The van der Waals surface area contributed by atoms with Gasteiger partial charge in [-0.2, -0.15) is 0 Å². The van der Waals surface area contributed by atoms with Gasteiger partial charge in [0.25, 0.3) is 0 Å². The number of aliphatic hydroxyl groups is 1. The van der Waals surface area contributed by atoms with Crippen LogP contribution in [0.25, 0.3) is 0 Å². The molecule has 1 rings (SSSR count). The predicted molar refractivity (Wildman–Crippen MR) is 76.6 cm³/mol. The smallest absolute Gasteiger partial charge is 0.412 e. The third-order valence-electron chi connectivity index (χ3n) is 2.47. The van der Waals surface area contributed by atoms with Crippen LogP contribution in [-0.4, -0.2) is 28.5 Å². The fraction of sp³-hybridized carbons (Fsp3) is 0.500. The molecular formula is C14H22N2O4. The molecule has 0 aliphatic rings. The highest BCUT2D eigenvalue weighted by Crippen LogP contribution is 2.29. The van der Waals surface area contributed by atoms with Crippen molar-refractivity contribution in [3.63, 3.8) is 0 Å². The van der Waals surface area contributed by atoms with Gasteiger partial charge < -0.3 is 20.7 Å². The van der Waals surface area contributed by atoms with Crippen LogP contribution in [0.15, 0.2) is 18.2 Å². The number of hydrogen-bond acceptors (Lipinski definition) is 5. The van der Waals surface area contributed by atoms with Gasteiger partial charge in [-0.05, 0) is 51.9 Å². The Labute approximate surface area is 118 Å². The molecule has 1 aromatic carbocycles. The molecule has 0 radical (unpaired) electrons. The van der Waals surface area contributed by atoms with Gasteiger partial charge in [0.2, 0.25) is 0 Å². The Morgan fingerprint density at radius 3 is 2.65 bits per heavy atom. The Morgan fingerprint density at radius 2 is 2.10 bits per heavy atom. The number of carbonyl (C=O) groups is 1. The van der Waals surface area contributed by atoms with E-state index in [0.717, 1.165) is 0 Å². The highest BCUT2D eigenvalue weighted by molar-refractivity contribution is 5.86. The van der Waals surface area contributed by atoms with Crippen LogP contribution >= 0.6 is 0 Å². The standard InChI is InChI=1S/C14H22N2O4/c1-14(2,3)20-13(19)16-11-5-4-9(17)8-10(11)12(18)6-7-15/h4-5,8,12,17-18H,6-7,15H2,1-3H3,(H,16,19)/t12-/m1/s1. The molecule has 6 heteroatoms. The zero-order valence-corrected chi connectivity index (χ0v) is 12.0. The van der Waals surface area contributed by atoms with E-state index in [-0.39, 0.29) is 5.75 Å². The second-order valence-electron chi connectivity index (χ2n) is 5.49. The number of benzene rings is 1. The number of nitrogens with one attached hydrogen (secondary N) is 1. The van der Waals surface area contributed by atoms with Crippen molar-refractivity contribution in [2.45, 2.75) is 38.9 Å². The first kappa shape index (κ1) is 16.3. The van der Waals surface area contributed by atoms with Gasteiger partial charge in [0.1, 0.15) is 11.4 Å².